The molecule has 0 aliphatic carbocycles. The number of rotatable bonds is 6. The molecule has 0 aliphatic rings. The zero-order valence-electron chi connectivity index (χ0n) is 12.7. The number of aromatic carboxylic acids is 1. The monoisotopic (exact) mass is 370 g/mol. The Morgan fingerprint density at radius 1 is 1.25 bits per heavy atom. The van der Waals surface area contributed by atoms with Crippen LogP contribution in [-0.4, -0.2) is 37.0 Å². The summed E-state index contributed by atoms with van der Waals surface area (Å²) in [6.07, 6.45) is 0. The van der Waals surface area contributed by atoms with Crippen LogP contribution in [0.5, 0.6) is 11.5 Å². The van der Waals surface area contributed by atoms with Crippen LogP contribution in [0.4, 0.5) is 0 Å². The van der Waals surface area contributed by atoms with E-state index >= 15 is 0 Å². The van der Waals surface area contributed by atoms with Gasteiger partial charge in [0.2, 0.25) is 0 Å². The molecule has 128 valence electrons. The number of aryl methyl sites for hydroxylation is 1. The van der Waals surface area contributed by atoms with Gasteiger partial charge in [-0.3, -0.25) is 0 Å². The van der Waals surface area contributed by atoms with Crippen molar-refractivity contribution in [3.05, 3.63) is 52.5 Å². The third kappa shape index (κ3) is 3.98. The molecule has 2 aromatic carbocycles. The van der Waals surface area contributed by atoms with E-state index in [9.17, 15) is 18.3 Å². The fraction of sp³-hybridized carbons (Fsp3) is 0.188. The van der Waals surface area contributed by atoms with Crippen LogP contribution in [0.3, 0.4) is 0 Å². The number of phenols is 1. The van der Waals surface area contributed by atoms with Gasteiger partial charge in [0.05, 0.1) is 15.7 Å². The van der Waals surface area contributed by atoms with Gasteiger partial charge >= 0.3 is 5.97 Å². The number of aromatic hydroxyl groups is 1. The number of carbonyl (C=O) groups is 1. The molecule has 0 saturated heterocycles. The average Bonchev–Trinajstić information content (AvgIpc) is 2.49. The van der Waals surface area contributed by atoms with Crippen molar-refractivity contribution in [2.24, 2.45) is 0 Å². The standard InChI is InChI=1S/C16H15ClO6S/c1-10-4-2-3-5-15(10)24(21,22)7-6-23-14-8-11(16(19)20)13(18)9-12(14)17/h2-5,8-9,18H,6-7H2,1H3,(H,19,20). The van der Waals surface area contributed by atoms with E-state index in [0.717, 1.165) is 12.1 Å². The van der Waals surface area contributed by atoms with E-state index in [-0.39, 0.29) is 33.6 Å². The summed E-state index contributed by atoms with van der Waals surface area (Å²) in [6, 6.07) is 8.69. The summed E-state index contributed by atoms with van der Waals surface area (Å²) in [4.78, 5) is 11.2. The maximum Gasteiger partial charge on any atom is 0.339 e. The third-order valence-electron chi connectivity index (χ3n) is 3.32. The first-order chi connectivity index (χ1) is 11.2. The average molecular weight is 371 g/mol. The van der Waals surface area contributed by atoms with Crippen LogP contribution in [0, 0.1) is 6.92 Å². The van der Waals surface area contributed by atoms with Crippen molar-refractivity contribution in [2.45, 2.75) is 11.8 Å². The first-order valence-electron chi connectivity index (χ1n) is 6.89. The molecule has 24 heavy (non-hydrogen) atoms. The highest BCUT2D eigenvalue weighted by Gasteiger charge is 2.18. The molecule has 2 aromatic rings. The molecule has 0 aromatic heterocycles. The van der Waals surface area contributed by atoms with E-state index in [4.69, 9.17) is 21.4 Å². The fourth-order valence-corrected chi connectivity index (χ4v) is 3.68. The Morgan fingerprint density at radius 2 is 1.92 bits per heavy atom. The summed E-state index contributed by atoms with van der Waals surface area (Å²) < 4.78 is 29.9. The van der Waals surface area contributed by atoms with Gasteiger partial charge in [-0.2, -0.15) is 0 Å². The molecule has 8 heteroatoms. The van der Waals surface area contributed by atoms with Crippen molar-refractivity contribution in [1.29, 1.82) is 0 Å². The Kier molecular flexibility index (Phi) is 5.36. The Morgan fingerprint density at radius 3 is 2.54 bits per heavy atom. The highest BCUT2D eigenvalue weighted by atomic mass is 35.5. The van der Waals surface area contributed by atoms with Gasteiger partial charge in [0.15, 0.2) is 9.84 Å². The molecule has 0 radical (unpaired) electrons. The number of halogens is 1. The predicted molar refractivity (Wildman–Crippen MR) is 88.8 cm³/mol. The Labute approximate surface area is 144 Å². The summed E-state index contributed by atoms with van der Waals surface area (Å²) in [5, 5.41) is 18.5. The van der Waals surface area contributed by atoms with E-state index < -0.39 is 21.6 Å². The van der Waals surface area contributed by atoms with E-state index in [1.807, 2.05) is 0 Å². The van der Waals surface area contributed by atoms with Crippen molar-refractivity contribution in [1.82, 2.24) is 0 Å². The van der Waals surface area contributed by atoms with Crippen LogP contribution in [0.15, 0.2) is 41.3 Å². The second kappa shape index (κ2) is 7.11. The minimum Gasteiger partial charge on any atom is -0.507 e. The minimum atomic E-state index is -3.54. The van der Waals surface area contributed by atoms with Gasteiger partial charge in [0.1, 0.15) is 23.7 Å². The van der Waals surface area contributed by atoms with Crippen LogP contribution in [-0.2, 0) is 9.84 Å². The predicted octanol–water partition coefficient (Wildman–Crippen LogP) is 2.90. The number of carboxylic acids is 1. The Hall–Kier alpha value is -2.25. The van der Waals surface area contributed by atoms with Gasteiger partial charge in [-0.15, -0.1) is 0 Å². The maximum atomic E-state index is 12.3. The van der Waals surface area contributed by atoms with E-state index in [1.54, 1.807) is 25.1 Å². The van der Waals surface area contributed by atoms with Crippen molar-refractivity contribution < 1.29 is 28.2 Å². The van der Waals surface area contributed by atoms with Crippen molar-refractivity contribution in [3.8, 4) is 11.5 Å². The molecule has 0 atom stereocenters. The van der Waals surface area contributed by atoms with Gasteiger partial charge in [-0.05, 0) is 24.6 Å². The first kappa shape index (κ1) is 18.1. The summed E-state index contributed by atoms with van der Waals surface area (Å²) in [7, 11) is -3.54. The molecule has 0 heterocycles. The molecule has 0 amide bonds. The quantitative estimate of drug-likeness (QED) is 0.810. The topological polar surface area (TPSA) is 101 Å². The zero-order valence-corrected chi connectivity index (χ0v) is 14.3. The molecule has 0 fully saturated rings. The summed E-state index contributed by atoms with van der Waals surface area (Å²) >= 11 is 5.87. The van der Waals surface area contributed by atoms with Gasteiger partial charge in [-0.1, -0.05) is 29.8 Å². The number of hydrogen-bond donors (Lipinski definition) is 2. The maximum absolute atomic E-state index is 12.3. The summed E-state index contributed by atoms with van der Waals surface area (Å²) in [5.74, 6) is -2.14. The SMILES string of the molecule is Cc1ccccc1S(=O)(=O)CCOc1cc(C(=O)O)c(O)cc1Cl. The molecule has 6 nitrogen and oxygen atoms in total. The van der Waals surface area contributed by atoms with Crippen LogP contribution in [0.25, 0.3) is 0 Å². The van der Waals surface area contributed by atoms with Crippen LogP contribution < -0.4 is 4.74 Å². The van der Waals surface area contributed by atoms with Crippen molar-refractivity contribution in [2.75, 3.05) is 12.4 Å². The normalized spacial score (nSPS) is 11.2. The van der Waals surface area contributed by atoms with E-state index in [0.29, 0.717) is 5.56 Å². The third-order valence-corrected chi connectivity index (χ3v) is 5.45. The lowest BCUT2D eigenvalue weighted by Crippen LogP contribution is -2.15. The molecule has 0 spiro atoms. The Bertz CT molecular complexity index is 876. The van der Waals surface area contributed by atoms with Crippen LogP contribution in [0.2, 0.25) is 5.02 Å². The van der Waals surface area contributed by atoms with Crippen molar-refractivity contribution >= 4 is 27.4 Å². The second-order valence-corrected chi connectivity index (χ2v) is 7.52. The number of hydrogen-bond acceptors (Lipinski definition) is 5. The highest BCUT2D eigenvalue weighted by Crippen LogP contribution is 2.32. The van der Waals surface area contributed by atoms with Crippen LogP contribution >= 0.6 is 11.6 Å². The molecule has 0 bridgehead atoms. The van der Waals surface area contributed by atoms with Gasteiger partial charge < -0.3 is 14.9 Å². The fourth-order valence-electron chi connectivity index (χ4n) is 2.10. The van der Waals surface area contributed by atoms with E-state index in [2.05, 4.69) is 0 Å². The van der Waals surface area contributed by atoms with Gasteiger partial charge in [0, 0.05) is 6.07 Å². The molecule has 0 unspecified atom stereocenters. The lowest BCUT2D eigenvalue weighted by Gasteiger charge is -2.11. The number of ether oxygens (including phenoxy) is 1. The van der Waals surface area contributed by atoms with Crippen molar-refractivity contribution in [3.63, 3.8) is 0 Å². The van der Waals surface area contributed by atoms with Crippen LogP contribution in [0.1, 0.15) is 15.9 Å². The minimum absolute atomic E-state index is 0.00755. The largest absolute Gasteiger partial charge is 0.507 e. The number of carboxylic acid groups (broad SMARTS) is 1. The molecular formula is C16H15ClO6S. The van der Waals surface area contributed by atoms with Gasteiger partial charge in [-0.25, -0.2) is 13.2 Å². The lowest BCUT2D eigenvalue weighted by molar-refractivity contribution is 0.0693. The van der Waals surface area contributed by atoms with Gasteiger partial charge in [0.25, 0.3) is 0 Å². The molecule has 2 rings (SSSR count). The van der Waals surface area contributed by atoms with E-state index in [1.165, 1.54) is 6.07 Å². The highest BCUT2D eigenvalue weighted by molar-refractivity contribution is 7.91. The molecular weight excluding hydrogens is 356 g/mol. The zero-order chi connectivity index (χ0) is 17.9. The number of sulfone groups is 1. The smallest absolute Gasteiger partial charge is 0.339 e. The first-order valence-corrected chi connectivity index (χ1v) is 8.92. The number of benzene rings is 2. The summed E-state index contributed by atoms with van der Waals surface area (Å²) in [6.45, 7) is 1.49. The molecule has 2 N–H and O–H groups in total. The lowest BCUT2D eigenvalue weighted by atomic mass is 10.2. The Balaban J connectivity index is 2.14. The summed E-state index contributed by atoms with van der Waals surface area (Å²) in [5.41, 5.74) is 0.254. The molecule has 0 aliphatic heterocycles. The second-order valence-electron chi connectivity index (χ2n) is 5.04. The molecule has 0 saturated carbocycles.